The SMILES string of the molecule is CC(C)[N+]1=CCCC(C)(NC#N)C1. The second-order valence-electron chi connectivity index (χ2n) is 4.28. The lowest BCUT2D eigenvalue weighted by Gasteiger charge is -2.29. The van der Waals surface area contributed by atoms with Gasteiger partial charge in [0, 0.05) is 6.42 Å². The van der Waals surface area contributed by atoms with Gasteiger partial charge in [0.1, 0.15) is 17.8 Å². The first-order valence-corrected chi connectivity index (χ1v) is 4.83. The fourth-order valence-electron chi connectivity index (χ4n) is 1.73. The molecule has 1 heterocycles. The van der Waals surface area contributed by atoms with Gasteiger partial charge in [0.2, 0.25) is 0 Å². The van der Waals surface area contributed by atoms with Crippen LogP contribution in [0.3, 0.4) is 0 Å². The maximum absolute atomic E-state index is 8.62. The summed E-state index contributed by atoms with van der Waals surface area (Å²) in [5, 5.41) is 11.5. The number of hydrogen-bond donors (Lipinski definition) is 1. The van der Waals surface area contributed by atoms with Crippen LogP contribution in [0, 0.1) is 11.5 Å². The standard InChI is InChI=1S/C10H18N3/c1-9(2)13-6-4-5-10(3,7-13)12-8-11/h6,9,12H,4-5,7H2,1-3H3/q+1. The van der Waals surface area contributed by atoms with Crippen molar-refractivity contribution in [1.82, 2.24) is 5.32 Å². The molecular formula is C10H18N3+. The van der Waals surface area contributed by atoms with Crippen molar-refractivity contribution in [3.05, 3.63) is 0 Å². The van der Waals surface area contributed by atoms with Gasteiger partial charge in [0.05, 0.1) is 0 Å². The van der Waals surface area contributed by atoms with E-state index in [1.807, 2.05) is 6.19 Å². The average molecular weight is 180 g/mol. The van der Waals surface area contributed by atoms with Crippen molar-refractivity contribution in [3.63, 3.8) is 0 Å². The van der Waals surface area contributed by atoms with Crippen molar-refractivity contribution >= 4 is 6.21 Å². The predicted octanol–water partition coefficient (Wildman–Crippen LogP) is 1.10. The first-order valence-electron chi connectivity index (χ1n) is 4.83. The summed E-state index contributed by atoms with van der Waals surface area (Å²) in [6.07, 6.45) is 6.39. The van der Waals surface area contributed by atoms with Crippen molar-refractivity contribution in [3.8, 4) is 6.19 Å². The minimum atomic E-state index is -0.0340. The van der Waals surface area contributed by atoms with Crippen LogP contribution in [0.5, 0.6) is 0 Å². The van der Waals surface area contributed by atoms with Crippen LogP contribution in [0.25, 0.3) is 0 Å². The summed E-state index contributed by atoms with van der Waals surface area (Å²) in [6.45, 7) is 7.39. The lowest BCUT2D eigenvalue weighted by atomic mass is 9.93. The van der Waals surface area contributed by atoms with Crippen molar-refractivity contribution in [2.24, 2.45) is 0 Å². The summed E-state index contributed by atoms with van der Waals surface area (Å²) in [4.78, 5) is 0. The molecule has 1 rings (SSSR count). The zero-order valence-corrected chi connectivity index (χ0v) is 8.67. The lowest BCUT2D eigenvalue weighted by Crippen LogP contribution is -2.51. The molecule has 13 heavy (non-hydrogen) atoms. The molecule has 3 nitrogen and oxygen atoms in total. The Labute approximate surface area is 80.1 Å². The molecule has 1 aliphatic heterocycles. The lowest BCUT2D eigenvalue weighted by molar-refractivity contribution is -0.567. The van der Waals surface area contributed by atoms with Crippen LogP contribution < -0.4 is 5.32 Å². The molecule has 0 aromatic heterocycles. The Balaban J connectivity index is 2.67. The molecule has 0 radical (unpaired) electrons. The Bertz CT molecular complexity index is 249. The van der Waals surface area contributed by atoms with Gasteiger partial charge in [0.25, 0.3) is 0 Å². The van der Waals surface area contributed by atoms with Crippen LogP contribution in [-0.2, 0) is 0 Å². The number of nitriles is 1. The smallest absolute Gasteiger partial charge is 0.177 e. The van der Waals surface area contributed by atoms with E-state index in [1.165, 1.54) is 0 Å². The van der Waals surface area contributed by atoms with Crippen LogP contribution in [0.1, 0.15) is 33.6 Å². The van der Waals surface area contributed by atoms with Crippen molar-refractivity contribution in [2.45, 2.75) is 45.2 Å². The second-order valence-corrected chi connectivity index (χ2v) is 4.28. The maximum Gasteiger partial charge on any atom is 0.177 e. The van der Waals surface area contributed by atoms with Crippen LogP contribution >= 0.6 is 0 Å². The molecule has 0 aliphatic carbocycles. The van der Waals surface area contributed by atoms with Crippen LogP contribution in [0.4, 0.5) is 0 Å². The third-order valence-corrected chi connectivity index (χ3v) is 2.61. The number of hydrogen-bond acceptors (Lipinski definition) is 2. The molecule has 0 amide bonds. The van der Waals surface area contributed by atoms with Crippen molar-refractivity contribution in [1.29, 1.82) is 5.26 Å². The molecule has 0 saturated heterocycles. The van der Waals surface area contributed by atoms with E-state index in [2.05, 4.69) is 36.9 Å². The average Bonchev–Trinajstić information content (AvgIpc) is 2.04. The Hall–Kier alpha value is -1.04. The molecule has 72 valence electrons. The van der Waals surface area contributed by atoms with Gasteiger partial charge in [0.15, 0.2) is 12.7 Å². The molecular weight excluding hydrogens is 162 g/mol. The molecule has 0 bridgehead atoms. The van der Waals surface area contributed by atoms with Crippen LogP contribution in [0.2, 0.25) is 0 Å². The summed E-state index contributed by atoms with van der Waals surface area (Å²) >= 11 is 0. The highest BCUT2D eigenvalue weighted by atomic mass is 15.1. The van der Waals surface area contributed by atoms with E-state index in [4.69, 9.17) is 5.26 Å². The molecule has 1 unspecified atom stereocenters. The molecule has 1 N–H and O–H groups in total. The molecule has 3 heteroatoms. The first-order chi connectivity index (χ1) is 6.07. The Morgan fingerprint density at radius 2 is 2.31 bits per heavy atom. The Morgan fingerprint density at radius 1 is 1.62 bits per heavy atom. The summed E-state index contributed by atoms with van der Waals surface area (Å²) in [5.41, 5.74) is -0.0340. The molecule has 0 aromatic carbocycles. The number of nitrogens with one attached hydrogen (secondary N) is 1. The van der Waals surface area contributed by atoms with Crippen molar-refractivity contribution in [2.75, 3.05) is 6.54 Å². The van der Waals surface area contributed by atoms with Gasteiger partial charge >= 0.3 is 0 Å². The zero-order chi connectivity index (χ0) is 9.90. The fourth-order valence-corrected chi connectivity index (χ4v) is 1.73. The van der Waals surface area contributed by atoms with E-state index in [0.717, 1.165) is 19.4 Å². The van der Waals surface area contributed by atoms with Gasteiger partial charge in [-0.2, -0.15) is 5.26 Å². The minimum absolute atomic E-state index is 0.0340. The van der Waals surface area contributed by atoms with Gasteiger partial charge in [-0.15, -0.1) is 0 Å². The van der Waals surface area contributed by atoms with E-state index >= 15 is 0 Å². The quantitative estimate of drug-likeness (QED) is 0.392. The van der Waals surface area contributed by atoms with E-state index in [9.17, 15) is 0 Å². The maximum atomic E-state index is 8.62. The van der Waals surface area contributed by atoms with Gasteiger partial charge in [-0.05, 0) is 27.2 Å². The van der Waals surface area contributed by atoms with Crippen LogP contribution in [0.15, 0.2) is 0 Å². The highest BCUT2D eigenvalue weighted by Crippen LogP contribution is 2.16. The first kappa shape index (κ1) is 10.0. The second kappa shape index (κ2) is 3.78. The summed E-state index contributed by atoms with van der Waals surface area (Å²) in [7, 11) is 0. The third-order valence-electron chi connectivity index (χ3n) is 2.61. The summed E-state index contributed by atoms with van der Waals surface area (Å²) in [6, 6.07) is 0.528. The largest absolute Gasteiger partial charge is 0.312 e. The van der Waals surface area contributed by atoms with Gasteiger partial charge in [-0.1, -0.05) is 0 Å². The van der Waals surface area contributed by atoms with E-state index in [-0.39, 0.29) is 5.54 Å². The van der Waals surface area contributed by atoms with Crippen molar-refractivity contribution < 1.29 is 4.58 Å². The van der Waals surface area contributed by atoms with E-state index in [0.29, 0.717) is 6.04 Å². The molecule has 0 saturated carbocycles. The molecule has 1 aliphatic rings. The summed E-state index contributed by atoms with van der Waals surface area (Å²) in [5.74, 6) is 0. The van der Waals surface area contributed by atoms with E-state index in [1.54, 1.807) is 0 Å². The third kappa shape index (κ3) is 2.45. The fraction of sp³-hybridized carbons (Fsp3) is 0.800. The topological polar surface area (TPSA) is 38.8 Å². The monoisotopic (exact) mass is 180 g/mol. The van der Waals surface area contributed by atoms with Crippen LogP contribution in [-0.4, -0.2) is 28.9 Å². The predicted molar refractivity (Wildman–Crippen MR) is 52.7 cm³/mol. The van der Waals surface area contributed by atoms with E-state index < -0.39 is 0 Å². The Morgan fingerprint density at radius 3 is 2.85 bits per heavy atom. The highest BCUT2D eigenvalue weighted by Gasteiger charge is 2.33. The summed E-state index contributed by atoms with van der Waals surface area (Å²) < 4.78 is 2.30. The molecule has 0 fully saturated rings. The van der Waals surface area contributed by atoms with Gasteiger partial charge in [-0.3, -0.25) is 0 Å². The van der Waals surface area contributed by atoms with Gasteiger partial charge < -0.3 is 5.32 Å². The number of nitrogens with zero attached hydrogens (tertiary/aromatic N) is 2. The Kier molecular flexibility index (Phi) is 2.92. The number of rotatable bonds is 2. The molecule has 1 atom stereocenters. The highest BCUT2D eigenvalue weighted by molar-refractivity contribution is 5.52. The molecule has 0 aromatic rings. The zero-order valence-electron chi connectivity index (χ0n) is 8.67. The minimum Gasteiger partial charge on any atom is -0.312 e. The van der Waals surface area contributed by atoms with Gasteiger partial charge in [-0.25, -0.2) is 4.58 Å². The molecule has 0 spiro atoms. The normalized spacial score (nSPS) is 28.1.